The van der Waals surface area contributed by atoms with Gasteiger partial charge in [0.15, 0.2) is 5.56 Å². The molecule has 3 rings (SSSR count). The number of ether oxygens (including phenoxy) is 1. The average molecular weight is 310 g/mol. The van der Waals surface area contributed by atoms with Crippen LogP contribution in [0.15, 0.2) is 51.7 Å². The number of carbonyl (C=O) groups excluding carboxylic acids is 1. The lowest BCUT2D eigenvalue weighted by Crippen LogP contribution is -2.15. The number of aromatic hydroxyl groups is 1. The maximum Gasteiger partial charge on any atom is 0.354 e. The first-order chi connectivity index (χ1) is 11.0. The van der Waals surface area contributed by atoms with Crippen LogP contribution in [-0.2, 0) is 4.74 Å². The largest absolute Gasteiger partial charge is 0.506 e. The van der Waals surface area contributed by atoms with Gasteiger partial charge in [-0.3, -0.25) is 0 Å². The summed E-state index contributed by atoms with van der Waals surface area (Å²) in [5.74, 6) is -1.36. The minimum Gasteiger partial charge on any atom is -0.506 e. The van der Waals surface area contributed by atoms with E-state index in [1.54, 1.807) is 18.2 Å². The van der Waals surface area contributed by atoms with E-state index in [9.17, 15) is 14.7 Å². The molecule has 5 nitrogen and oxygen atoms in total. The molecule has 1 heterocycles. The van der Waals surface area contributed by atoms with Gasteiger partial charge >= 0.3 is 11.6 Å². The van der Waals surface area contributed by atoms with Gasteiger partial charge in [-0.05, 0) is 18.6 Å². The lowest BCUT2D eigenvalue weighted by atomic mass is 10.0. The van der Waals surface area contributed by atoms with Crippen LogP contribution < -0.4 is 5.63 Å². The Kier molecular flexibility index (Phi) is 3.62. The van der Waals surface area contributed by atoms with Crippen LogP contribution in [0, 0.1) is 6.92 Å². The fraction of sp³-hybridized carbons (Fsp3) is 0.111. The van der Waals surface area contributed by atoms with Crippen LogP contribution in [-0.4, -0.2) is 18.2 Å². The molecule has 0 saturated heterocycles. The highest BCUT2D eigenvalue weighted by Crippen LogP contribution is 2.34. The molecule has 1 aromatic heterocycles. The highest BCUT2D eigenvalue weighted by molar-refractivity contribution is 6.02. The van der Waals surface area contributed by atoms with Crippen molar-refractivity contribution in [3.63, 3.8) is 0 Å². The van der Waals surface area contributed by atoms with Crippen LogP contribution >= 0.6 is 0 Å². The van der Waals surface area contributed by atoms with Crippen molar-refractivity contribution in [1.82, 2.24) is 0 Å². The van der Waals surface area contributed by atoms with Gasteiger partial charge in [-0.15, -0.1) is 0 Å². The van der Waals surface area contributed by atoms with Crippen molar-refractivity contribution in [3.05, 3.63) is 64.0 Å². The predicted octanol–water partition coefficient (Wildman–Crippen LogP) is 3.26. The fourth-order valence-corrected chi connectivity index (χ4v) is 2.53. The van der Waals surface area contributed by atoms with Gasteiger partial charge in [0.2, 0.25) is 0 Å². The Morgan fingerprint density at radius 2 is 1.91 bits per heavy atom. The quantitative estimate of drug-likeness (QED) is 0.580. The van der Waals surface area contributed by atoms with Crippen LogP contribution in [0.3, 0.4) is 0 Å². The van der Waals surface area contributed by atoms with Crippen molar-refractivity contribution in [2.24, 2.45) is 0 Å². The second-order valence-electron chi connectivity index (χ2n) is 5.16. The van der Waals surface area contributed by atoms with Gasteiger partial charge in [0, 0.05) is 5.56 Å². The smallest absolute Gasteiger partial charge is 0.354 e. The van der Waals surface area contributed by atoms with Crippen LogP contribution in [0.5, 0.6) is 5.75 Å². The number of esters is 1. The molecular weight excluding hydrogens is 296 g/mol. The van der Waals surface area contributed by atoms with Gasteiger partial charge in [-0.2, -0.15) is 0 Å². The van der Waals surface area contributed by atoms with Crippen LogP contribution in [0.4, 0.5) is 0 Å². The molecule has 1 N–H and O–H groups in total. The SMILES string of the molecule is COC(=O)c1c(O)c2cccc(-c3cccc(C)c3)c2oc1=O. The van der Waals surface area contributed by atoms with Crippen molar-refractivity contribution in [2.45, 2.75) is 6.92 Å². The first-order valence-electron chi connectivity index (χ1n) is 6.97. The molecule has 0 unspecified atom stereocenters. The Labute approximate surface area is 131 Å². The van der Waals surface area contributed by atoms with Crippen LogP contribution in [0.2, 0.25) is 0 Å². The number of fused-ring (bicyclic) bond motifs is 1. The number of para-hydroxylation sites is 1. The van der Waals surface area contributed by atoms with E-state index in [0.29, 0.717) is 5.56 Å². The number of benzene rings is 2. The van der Waals surface area contributed by atoms with Crippen molar-refractivity contribution in [2.75, 3.05) is 7.11 Å². The summed E-state index contributed by atoms with van der Waals surface area (Å²) in [7, 11) is 1.13. The van der Waals surface area contributed by atoms with E-state index in [1.165, 1.54) is 0 Å². The van der Waals surface area contributed by atoms with E-state index in [2.05, 4.69) is 4.74 Å². The molecule has 0 fully saturated rings. The van der Waals surface area contributed by atoms with E-state index in [-0.39, 0.29) is 11.0 Å². The zero-order valence-corrected chi connectivity index (χ0v) is 12.6. The fourth-order valence-electron chi connectivity index (χ4n) is 2.53. The summed E-state index contributed by atoms with van der Waals surface area (Å²) in [5.41, 5.74) is 1.37. The Balaban J connectivity index is 2.36. The molecule has 0 bridgehead atoms. The molecule has 5 heteroatoms. The van der Waals surface area contributed by atoms with Gasteiger partial charge < -0.3 is 14.3 Å². The molecule has 2 aromatic carbocycles. The average Bonchev–Trinajstić information content (AvgIpc) is 2.54. The first-order valence-corrected chi connectivity index (χ1v) is 6.97. The third-order valence-corrected chi connectivity index (χ3v) is 3.62. The third kappa shape index (κ3) is 2.46. The van der Waals surface area contributed by atoms with Crippen molar-refractivity contribution in [1.29, 1.82) is 0 Å². The molecule has 116 valence electrons. The summed E-state index contributed by atoms with van der Waals surface area (Å²) in [4.78, 5) is 23.7. The summed E-state index contributed by atoms with van der Waals surface area (Å²) >= 11 is 0. The molecule has 0 spiro atoms. The van der Waals surface area contributed by atoms with E-state index in [0.717, 1.165) is 18.2 Å². The van der Waals surface area contributed by atoms with Gasteiger partial charge in [-0.1, -0.05) is 42.0 Å². The summed E-state index contributed by atoms with van der Waals surface area (Å²) in [5, 5.41) is 10.6. The number of hydrogen-bond donors (Lipinski definition) is 1. The van der Waals surface area contributed by atoms with E-state index in [1.807, 2.05) is 31.2 Å². The lowest BCUT2D eigenvalue weighted by molar-refractivity contribution is 0.0593. The molecule has 0 amide bonds. The van der Waals surface area contributed by atoms with Gasteiger partial charge in [0.25, 0.3) is 0 Å². The summed E-state index contributed by atoms with van der Waals surface area (Å²) in [6, 6.07) is 12.8. The number of rotatable bonds is 2. The Hall–Kier alpha value is -3.08. The summed E-state index contributed by atoms with van der Waals surface area (Å²) in [6.07, 6.45) is 0. The minimum absolute atomic E-state index is 0.230. The van der Waals surface area contributed by atoms with E-state index in [4.69, 9.17) is 4.42 Å². The second-order valence-corrected chi connectivity index (χ2v) is 5.16. The van der Waals surface area contributed by atoms with Gasteiger partial charge in [-0.25, -0.2) is 9.59 Å². The summed E-state index contributed by atoms with van der Waals surface area (Å²) in [6.45, 7) is 1.96. The highest BCUT2D eigenvalue weighted by Gasteiger charge is 2.22. The van der Waals surface area contributed by atoms with Crippen molar-refractivity contribution < 1.29 is 19.1 Å². The predicted molar refractivity (Wildman–Crippen MR) is 85.7 cm³/mol. The molecule has 0 radical (unpaired) electrons. The van der Waals surface area contributed by atoms with E-state index >= 15 is 0 Å². The Morgan fingerprint density at radius 3 is 2.61 bits per heavy atom. The zero-order valence-electron chi connectivity index (χ0n) is 12.6. The topological polar surface area (TPSA) is 76.7 Å². The standard InChI is InChI=1S/C18H14O5/c1-10-5-3-6-11(9-10)12-7-4-8-13-15(19)14(17(20)22-2)18(21)23-16(12)13/h3-9,19H,1-2H3. The molecule has 0 saturated carbocycles. The minimum atomic E-state index is -0.931. The van der Waals surface area contributed by atoms with Crippen LogP contribution in [0.1, 0.15) is 15.9 Å². The first kappa shape index (κ1) is 14.8. The van der Waals surface area contributed by atoms with E-state index < -0.39 is 22.9 Å². The number of hydrogen-bond acceptors (Lipinski definition) is 5. The maximum atomic E-state index is 12.1. The second kappa shape index (κ2) is 5.61. The zero-order chi connectivity index (χ0) is 16.6. The van der Waals surface area contributed by atoms with Gasteiger partial charge in [0.1, 0.15) is 11.3 Å². The third-order valence-electron chi connectivity index (χ3n) is 3.62. The number of methoxy groups -OCH3 is 1. The monoisotopic (exact) mass is 310 g/mol. The molecule has 23 heavy (non-hydrogen) atoms. The Bertz CT molecular complexity index is 969. The molecular formula is C18H14O5. The number of aryl methyl sites for hydroxylation is 1. The van der Waals surface area contributed by atoms with Crippen molar-refractivity contribution >= 4 is 16.9 Å². The van der Waals surface area contributed by atoms with Gasteiger partial charge in [0.05, 0.1) is 12.5 Å². The summed E-state index contributed by atoms with van der Waals surface area (Å²) < 4.78 is 9.82. The lowest BCUT2D eigenvalue weighted by Gasteiger charge is -2.09. The van der Waals surface area contributed by atoms with Crippen LogP contribution in [0.25, 0.3) is 22.1 Å². The molecule has 0 aliphatic heterocycles. The molecule has 3 aromatic rings. The molecule has 0 aliphatic rings. The highest BCUT2D eigenvalue weighted by atomic mass is 16.5. The number of carbonyl (C=O) groups is 1. The maximum absolute atomic E-state index is 12.1. The van der Waals surface area contributed by atoms with Crippen molar-refractivity contribution in [3.8, 4) is 16.9 Å². The molecule has 0 aliphatic carbocycles. The normalized spacial score (nSPS) is 10.7. The Morgan fingerprint density at radius 1 is 1.17 bits per heavy atom. The molecule has 0 atom stereocenters.